The van der Waals surface area contributed by atoms with Gasteiger partial charge in [0.1, 0.15) is 0 Å². The van der Waals surface area contributed by atoms with E-state index in [0.29, 0.717) is 21.5 Å². The van der Waals surface area contributed by atoms with Crippen molar-refractivity contribution in [3.63, 3.8) is 0 Å². The van der Waals surface area contributed by atoms with Gasteiger partial charge in [-0.25, -0.2) is 4.98 Å². The lowest BCUT2D eigenvalue weighted by Crippen LogP contribution is -2.41. The van der Waals surface area contributed by atoms with E-state index in [4.69, 9.17) is 0 Å². The molecular weight excluding hydrogens is 374 g/mol. The Kier molecular flexibility index (Phi) is 5.51. The molecular formula is C20H25N5O2S. The van der Waals surface area contributed by atoms with Gasteiger partial charge in [-0.1, -0.05) is 20.8 Å². The van der Waals surface area contributed by atoms with Crippen molar-refractivity contribution < 1.29 is 9.59 Å². The summed E-state index contributed by atoms with van der Waals surface area (Å²) in [6.45, 7) is 9.92. The van der Waals surface area contributed by atoms with Gasteiger partial charge in [0.25, 0.3) is 11.8 Å². The van der Waals surface area contributed by atoms with Crippen LogP contribution in [0.2, 0.25) is 0 Å². The highest BCUT2D eigenvalue weighted by atomic mass is 32.1. The van der Waals surface area contributed by atoms with Gasteiger partial charge in [-0.15, -0.1) is 11.3 Å². The Morgan fingerprint density at radius 2 is 1.86 bits per heavy atom. The number of amides is 2. The van der Waals surface area contributed by atoms with Crippen LogP contribution in [0, 0.1) is 13.8 Å². The van der Waals surface area contributed by atoms with E-state index in [1.54, 1.807) is 17.8 Å². The Morgan fingerprint density at radius 1 is 1.18 bits per heavy atom. The highest BCUT2D eigenvalue weighted by Gasteiger charge is 2.20. The van der Waals surface area contributed by atoms with Crippen molar-refractivity contribution in [1.82, 2.24) is 25.6 Å². The molecule has 2 amide bonds. The molecule has 0 aliphatic rings. The average molecular weight is 400 g/mol. The standard InChI is InChI=1S/C20H25N5O2S/c1-7-15-11(4)8-16(28-15)20(27)23-22-19(26)13-9-14(10(2)3)21-18-17(13)12(5)24-25(18)6/h8-10H,7H2,1-6H3,(H,22,26)(H,23,27). The summed E-state index contributed by atoms with van der Waals surface area (Å²) in [5.74, 6) is -0.552. The van der Waals surface area contributed by atoms with Crippen LogP contribution in [0.5, 0.6) is 0 Å². The zero-order chi connectivity index (χ0) is 20.6. The molecule has 0 aliphatic carbocycles. The molecule has 3 aromatic heterocycles. The monoisotopic (exact) mass is 399 g/mol. The van der Waals surface area contributed by atoms with Crippen molar-refractivity contribution in [3.05, 3.63) is 44.4 Å². The van der Waals surface area contributed by atoms with Gasteiger partial charge >= 0.3 is 0 Å². The van der Waals surface area contributed by atoms with Gasteiger partial charge in [-0.3, -0.25) is 25.1 Å². The van der Waals surface area contributed by atoms with Crippen molar-refractivity contribution in [1.29, 1.82) is 0 Å². The first-order valence-corrected chi connectivity index (χ1v) is 10.1. The topological polar surface area (TPSA) is 88.9 Å². The van der Waals surface area contributed by atoms with E-state index in [2.05, 4.69) is 27.9 Å². The molecule has 0 bridgehead atoms. The zero-order valence-electron chi connectivity index (χ0n) is 17.0. The predicted octanol–water partition coefficient (Wildman–Crippen LogP) is 3.41. The number of hydrazine groups is 1. The third kappa shape index (κ3) is 3.64. The van der Waals surface area contributed by atoms with Crippen LogP contribution in [0.25, 0.3) is 11.0 Å². The summed E-state index contributed by atoms with van der Waals surface area (Å²) in [5, 5.41) is 5.08. The third-order valence-corrected chi connectivity index (χ3v) is 6.06. The van der Waals surface area contributed by atoms with E-state index in [9.17, 15) is 9.59 Å². The Hall–Kier alpha value is -2.74. The van der Waals surface area contributed by atoms with Gasteiger partial charge in [-0.2, -0.15) is 5.10 Å². The molecule has 0 spiro atoms. The zero-order valence-corrected chi connectivity index (χ0v) is 17.8. The highest BCUT2D eigenvalue weighted by Crippen LogP contribution is 2.25. The van der Waals surface area contributed by atoms with Gasteiger partial charge in [0.2, 0.25) is 0 Å². The van der Waals surface area contributed by atoms with Crippen molar-refractivity contribution in [3.8, 4) is 0 Å². The van der Waals surface area contributed by atoms with Crippen LogP contribution < -0.4 is 10.9 Å². The molecule has 0 atom stereocenters. The van der Waals surface area contributed by atoms with Crippen LogP contribution in [0.1, 0.15) is 68.5 Å². The number of aryl methyl sites for hydroxylation is 4. The fourth-order valence-electron chi connectivity index (χ4n) is 3.16. The van der Waals surface area contributed by atoms with Crippen LogP contribution >= 0.6 is 11.3 Å². The molecule has 8 heteroatoms. The minimum Gasteiger partial charge on any atom is -0.267 e. The molecule has 3 heterocycles. The lowest BCUT2D eigenvalue weighted by Gasteiger charge is -2.11. The van der Waals surface area contributed by atoms with E-state index in [-0.39, 0.29) is 17.7 Å². The molecule has 7 nitrogen and oxygen atoms in total. The van der Waals surface area contributed by atoms with Gasteiger partial charge < -0.3 is 0 Å². The second-order valence-electron chi connectivity index (χ2n) is 7.14. The van der Waals surface area contributed by atoms with Gasteiger partial charge in [0, 0.05) is 17.6 Å². The van der Waals surface area contributed by atoms with Crippen LogP contribution in [0.4, 0.5) is 0 Å². The van der Waals surface area contributed by atoms with Crippen molar-refractivity contribution in [2.45, 2.75) is 47.0 Å². The molecule has 0 aliphatic heterocycles. The van der Waals surface area contributed by atoms with Crippen LogP contribution in [0.15, 0.2) is 12.1 Å². The summed E-state index contributed by atoms with van der Waals surface area (Å²) in [6.07, 6.45) is 0.878. The second-order valence-corrected chi connectivity index (χ2v) is 8.27. The number of carbonyl (C=O) groups is 2. The number of aromatic nitrogens is 3. The van der Waals surface area contributed by atoms with Gasteiger partial charge in [0.15, 0.2) is 5.65 Å². The number of nitrogens with zero attached hydrogens (tertiary/aromatic N) is 3. The molecule has 28 heavy (non-hydrogen) atoms. The quantitative estimate of drug-likeness (QED) is 0.658. The normalized spacial score (nSPS) is 11.2. The first-order chi connectivity index (χ1) is 13.2. The molecule has 0 saturated heterocycles. The maximum Gasteiger partial charge on any atom is 0.279 e. The molecule has 2 N–H and O–H groups in total. The molecule has 0 radical (unpaired) electrons. The predicted molar refractivity (Wildman–Crippen MR) is 111 cm³/mol. The lowest BCUT2D eigenvalue weighted by molar-refractivity contribution is 0.0849. The molecule has 3 rings (SSSR count). The number of nitrogens with one attached hydrogen (secondary N) is 2. The summed E-state index contributed by atoms with van der Waals surface area (Å²) >= 11 is 1.44. The minimum atomic E-state index is -0.386. The van der Waals surface area contributed by atoms with E-state index >= 15 is 0 Å². The third-order valence-electron chi connectivity index (χ3n) is 4.68. The van der Waals surface area contributed by atoms with Crippen LogP contribution in [-0.4, -0.2) is 26.6 Å². The molecule has 0 aromatic carbocycles. The summed E-state index contributed by atoms with van der Waals surface area (Å²) in [4.78, 5) is 31.7. The number of rotatable bonds is 4. The van der Waals surface area contributed by atoms with Crippen molar-refractivity contribution >= 4 is 34.2 Å². The number of hydrogen-bond donors (Lipinski definition) is 2. The molecule has 0 unspecified atom stereocenters. The largest absolute Gasteiger partial charge is 0.279 e. The van der Waals surface area contributed by atoms with Crippen LogP contribution in [0.3, 0.4) is 0 Å². The molecule has 0 saturated carbocycles. The first-order valence-electron chi connectivity index (χ1n) is 9.27. The Bertz CT molecular complexity index is 1060. The smallest absolute Gasteiger partial charge is 0.267 e. The Labute approximate surface area is 168 Å². The maximum atomic E-state index is 12.9. The number of hydrogen-bond acceptors (Lipinski definition) is 5. The van der Waals surface area contributed by atoms with Gasteiger partial charge in [0.05, 0.1) is 21.5 Å². The number of fused-ring (bicyclic) bond motifs is 1. The summed E-state index contributed by atoms with van der Waals surface area (Å²) in [5.41, 5.74) is 8.79. The summed E-state index contributed by atoms with van der Waals surface area (Å²) < 4.78 is 1.67. The van der Waals surface area contributed by atoms with E-state index in [1.165, 1.54) is 16.2 Å². The second kappa shape index (κ2) is 7.71. The molecule has 3 aromatic rings. The Morgan fingerprint density at radius 3 is 2.46 bits per heavy atom. The summed E-state index contributed by atoms with van der Waals surface area (Å²) in [6, 6.07) is 3.62. The fourth-order valence-corrected chi connectivity index (χ4v) is 4.17. The Balaban J connectivity index is 1.87. The number of pyridine rings is 1. The SMILES string of the molecule is CCc1sc(C(=O)NNC(=O)c2cc(C(C)C)nc3c2c(C)nn3C)cc1C. The first kappa shape index (κ1) is 20.0. The van der Waals surface area contributed by atoms with E-state index in [1.807, 2.05) is 33.8 Å². The highest BCUT2D eigenvalue weighted by molar-refractivity contribution is 7.14. The maximum absolute atomic E-state index is 12.9. The van der Waals surface area contributed by atoms with Crippen molar-refractivity contribution in [2.75, 3.05) is 0 Å². The van der Waals surface area contributed by atoms with Crippen molar-refractivity contribution in [2.24, 2.45) is 7.05 Å². The molecule has 148 valence electrons. The molecule has 0 fully saturated rings. The van der Waals surface area contributed by atoms with E-state index in [0.717, 1.165) is 23.4 Å². The lowest BCUT2D eigenvalue weighted by atomic mass is 10.0. The van der Waals surface area contributed by atoms with E-state index < -0.39 is 0 Å². The number of thiophene rings is 1. The minimum absolute atomic E-state index is 0.155. The van der Waals surface area contributed by atoms with Crippen LogP contribution in [-0.2, 0) is 13.5 Å². The number of carbonyl (C=O) groups excluding carboxylic acids is 2. The fraction of sp³-hybridized carbons (Fsp3) is 0.400. The van der Waals surface area contributed by atoms with Gasteiger partial charge in [-0.05, 0) is 43.9 Å². The average Bonchev–Trinajstić information content (AvgIpc) is 3.18. The summed E-state index contributed by atoms with van der Waals surface area (Å²) in [7, 11) is 1.81.